The van der Waals surface area contributed by atoms with E-state index < -0.39 is 0 Å². The van der Waals surface area contributed by atoms with E-state index in [9.17, 15) is 4.79 Å². The van der Waals surface area contributed by atoms with Gasteiger partial charge in [0.1, 0.15) is 17.7 Å². The maximum absolute atomic E-state index is 11.3. The van der Waals surface area contributed by atoms with Crippen molar-refractivity contribution in [2.75, 3.05) is 36.0 Å². The highest BCUT2D eigenvalue weighted by atomic mass is 16.5. The Labute approximate surface area is 190 Å². The van der Waals surface area contributed by atoms with Crippen LogP contribution in [0.15, 0.2) is 36.5 Å². The van der Waals surface area contributed by atoms with E-state index in [2.05, 4.69) is 20.1 Å². The highest BCUT2D eigenvalue weighted by Crippen LogP contribution is 2.39. The second-order valence-electron chi connectivity index (χ2n) is 9.54. The molecule has 7 heteroatoms. The monoisotopic (exact) mass is 435 g/mol. The fourth-order valence-corrected chi connectivity index (χ4v) is 5.51. The summed E-state index contributed by atoms with van der Waals surface area (Å²) in [7, 11) is 0. The molecule has 0 radical (unpaired) electrons. The Hall–Kier alpha value is -2.83. The van der Waals surface area contributed by atoms with Gasteiger partial charge >= 0.3 is 0 Å². The van der Waals surface area contributed by atoms with Crippen LogP contribution < -0.4 is 19.9 Å². The SMILES string of the molecule is CC(=O)N[C@@H](C)c1ccc(O[C@@H]2CCN(c3ccnc(N4CC5CCCC5C4)n3)C2)cc1. The maximum Gasteiger partial charge on any atom is 0.227 e. The number of rotatable bonds is 6. The van der Waals surface area contributed by atoms with Gasteiger partial charge in [0.15, 0.2) is 0 Å². The number of carbonyl (C=O) groups is 1. The molecule has 4 atom stereocenters. The van der Waals surface area contributed by atoms with E-state index in [4.69, 9.17) is 9.72 Å². The Morgan fingerprint density at radius 2 is 1.81 bits per heavy atom. The molecule has 0 spiro atoms. The molecule has 2 saturated heterocycles. The van der Waals surface area contributed by atoms with E-state index in [1.54, 1.807) is 0 Å². The molecule has 1 N–H and O–H groups in total. The Balaban J connectivity index is 1.18. The number of anilines is 2. The summed E-state index contributed by atoms with van der Waals surface area (Å²) in [6, 6.07) is 10.0. The van der Waals surface area contributed by atoms with Gasteiger partial charge in [0, 0.05) is 39.2 Å². The van der Waals surface area contributed by atoms with Crippen LogP contribution in [0.3, 0.4) is 0 Å². The van der Waals surface area contributed by atoms with E-state index in [0.717, 1.165) is 67.5 Å². The first-order valence-corrected chi connectivity index (χ1v) is 11.9. The lowest BCUT2D eigenvalue weighted by molar-refractivity contribution is -0.119. The predicted molar refractivity (Wildman–Crippen MR) is 125 cm³/mol. The molecule has 0 bridgehead atoms. The lowest BCUT2D eigenvalue weighted by atomic mass is 10.0. The number of amides is 1. The molecule has 1 saturated carbocycles. The molecule has 170 valence electrons. The molecule has 3 aliphatic rings. The largest absolute Gasteiger partial charge is 0.489 e. The van der Waals surface area contributed by atoms with E-state index in [1.807, 2.05) is 43.5 Å². The molecule has 3 fully saturated rings. The summed E-state index contributed by atoms with van der Waals surface area (Å²) in [5, 5.41) is 2.91. The van der Waals surface area contributed by atoms with Crippen molar-refractivity contribution in [1.29, 1.82) is 0 Å². The number of hydrogen-bond donors (Lipinski definition) is 1. The van der Waals surface area contributed by atoms with Gasteiger partial charge in [0.25, 0.3) is 0 Å². The lowest BCUT2D eigenvalue weighted by Crippen LogP contribution is -2.27. The Kier molecular flexibility index (Phi) is 5.89. The Morgan fingerprint density at radius 3 is 2.53 bits per heavy atom. The number of carbonyl (C=O) groups excluding carboxylic acids is 1. The van der Waals surface area contributed by atoms with Crippen molar-refractivity contribution < 1.29 is 9.53 Å². The third-order valence-corrected chi connectivity index (χ3v) is 7.21. The fraction of sp³-hybridized carbons (Fsp3) is 0.560. The second kappa shape index (κ2) is 8.96. The third kappa shape index (κ3) is 4.52. The van der Waals surface area contributed by atoms with Crippen LogP contribution in [0.5, 0.6) is 5.75 Å². The minimum atomic E-state index is -0.0238. The van der Waals surface area contributed by atoms with Gasteiger partial charge in [-0.15, -0.1) is 0 Å². The van der Waals surface area contributed by atoms with Gasteiger partial charge in [-0.05, 0) is 55.4 Å². The van der Waals surface area contributed by atoms with Gasteiger partial charge in [-0.1, -0.05) is 18.6 Å². The first-order valence-electron chi connectivity index (χ1n) is 11.9. The topological polar surface area (TPSA) is 70.6 Å². The zero-order valence-corrected chi connectivity index (χ0v) is 19.0. The molecule has 1 aromatic carbocycles. The second-order valence-corrected chi connectivity index (χ2v) is 9.54. The first kappa shape index (κ1) is 21.0. The number of nitrogens with zero attached hydrogens (tertiary/aromatic N) is 4. The van der Waals surface area contributed by atoms with Crippen molar-refractivity contribution in [1.82, 2.24) is 15.3 Å². The minimum absolute atomic E-state index is 0.00865. The van der Waals surface area contributed by atoms with E-state index in [1.165, 1.54) is 26.2 Å². The highest BCUT2D eigenvalue weighted by molar-refractivity contribution is 5.73. The van der Waals surface area contributed by atoms with Crippen molar-refractivity contribution in [3.63, 3.8) is 0 Å². The number of fused-ring (bicyclic) bond motifs is 1. The van der Waals surface area contributed by atoms with Crippen molar-refractivity contribution in [3.05, 3.63) is 42.1 Å². The van der Waals surface area contributed by atoms with Crippen molar-refractivity contribution in [2.24, 2.45) is 11.8 Å². The summed E-state index contributed by atoms with van der Waals surface area (Å²) >= 11 is 0. The summed E-state index contributed by atoms with van der Waals surface area (Å²) in [6.45, 7) is 7.50. The average Bonchev–Trinajstić information content (AvgIpc) is 3.50. The molecule has 5 rings (SSSR count). The van der Waals surface area contributed by atoms with Crippen LogP contribution >= 0.6 is 0 Å². The van der Waals surface area contributed by atoms with Crippen molar-refractivity contribution in [2.45, 2.75) is 51.7 Å². The molecule has 1 aromatic heterocycles. The zero-order valence-electron chi connectivity index (χ0n) is 19.0. The summed E-state index contributed by atoms with van der Waals surface area (Å²) in [5.41, 5.74) is 1.07. The summed E-state index contributed by atoms with van der Waals surface area (Å²) in [4.78, 5) is 25.4. The summed E-state index contributed by atoms with van der Waals surface area (Å²) < 4.78 is 6.24. The number of benzene rings is 1. The molecule has 32 heavy (non-hydrogen) atoms. The van der Waals surface area contributed by atoms with E-state index >= 15 is 0 Å². The smallest absolute Gasteiger partial charge is 0.227 e. The van der Waals surface area contributed by atoms with Crippen LogP contribution in [0.4, 0.5) is 11.8 Å². The van der Waals surface area contributed by atoms with Crippen molar-refractivity contribution >= 4 is 17.7 Å². The number of ether oxygens (including phenoxy) is 1. The lowest BCUT2D eigenvalue weighted by Gasteiger charge is -2.21. The normalized spacial score (nSPS) is 25.6. The van der Waals surface area contributed by atoms with Gasteiger partial charge in [-0.25, -0.2) is 4.98 Å². The average molecular weight is 436 g/mol. The molecule has 2 aliphatic heterocycles. The number of aromatic nitrogens is 2. The maximum atomic E-state index is 11.3. The van der Waals surface area contributed by atoms with Crippen LogP contribution in [-0.2, 0) is 4.79 Å². The van der Waals surface area contributed by atoms with Gasteiger partial charge < -0.3 is 19.9 Å². The molecule has 2 unspecified atom stereocenters. The van der Waals surface area contributed by atoms with Gasteiger partial charge in [-0.3, -0.25) is 4.79 Å². The van der Waals surface area contributed by atoms with E-state index in [-0.39, 0.29) is 18.1 Å². The fourth-order valence-electron chi connectivity index (χ4n) is 5.51. The Morgan fingerprint density at radius 1 is 1.06 bits per heavy atom. The van der Waals surface area contributed by atoms with E-state index in [0.29, 0.717) is 0 Å². The van der Waals surface area contributed by atoms with Gasteiger partial charge in [0.2, 0.25) is 11.9 Å². The molecule has 7 nitrogen and oxygen atoms in total. The number of hydrogen-bond acceptors (Lipinski definition) is 6. The minimum Gasteiger partial charge on any atom is -0.489 e. The molecule has 3 heterocycles. The third-order valence-electron chi connectivity index (χ3n) is 7.21. The standard InChI is InChI=1S/C25H33N5O2/c1-17(27-18(2)31)19-6-8-22(9-7-19)32-23-11-13-29(16-23)24-10-12-26-25(28-24)30-14-20-4-3-5-21(20)15-30/h6-10,12,17,20-21,23H,3-5,11,13-16H2,1-2H3,(H,27,31)/t17-,20?,21?,23+/m0/s1. The molecule has 1 aliphatic carbocycles. The summed E-state index contributed by atoms with van der Waals surface area (Å²) in [6.07, 6.45) is 7.11. The van der Waals surface area contributed by atoms with Crippen LogP contribution in [0.25, 0.3) is 0 Å². The molecular formula is C25H33N5O2. The molecule has 2 aromatic rings. The zero-order chi connectivity index (χ0) is 22.1. The van der Waals surface area contributed by atoms with Crippen LogP contribution in [0, 0.1) is 11.8 Å². The molecule has 1 amide bonds. The number of nitrogens with one attached hydrogen (secondary N) is 1. The Bertz CT molecular complexity index is 938. The van der Waals surface area contributed by atoms with Crippen LogP contribution in [0.1, 0.15) is 51.1 Å². The van der Waals surface area contributed by atoms with Gasteiger partial charge in [-0.2, -0.15) is 4.98 Å². The quantitative estimate of drug-likeness (QED) is 0.748. The predicted octanol–water partition coefficient (Wildman–Crippen LogP) is 3.57. The summed E-state index contributed by atoms with van der Waals surface area (Å²) in [5.74, 6) is 4.38. The van der Waals surface area contributed by atoms with Gasteiger partial charge in [0.05, 0.1) is 12.6 Å². The first-order chi connectivity index (χ1) is 15.5. The van der Waals surface area contributed by atoms with Crippen molar-refractivity contribution in [3.8, 4) is 5.75 Å². The molecular weight excluding hydrogens is 402 g/mol. The van der Waals surface area contributed by atoms with Crippen LogP contribution in [0.2, 0.25) is 0 Å². The van der Waals surface area contributed by atoms with Crippen LogP contribution in [-0.4, -0.2) is 48.2 Å². The highest BCUT2D eigenvalue weighted by Gasteiger charge is 2.37.